The SMILES string of the molecule is Cc1ccc(C(=O)O)cc1NC(=S)NC(=O)COc1ccc(Cl)cc1. The van der Waals surface area contributed by atoms with Crippen LogP contribution in [0.4, 0.5) is 5.69 Å². The number of carboxylic acids is 1. The Hall–Kier alpha value is -2.64. The molecule has 25 heavy (non-hydrogen) atoms. The molecule has 2 aromatic carbocycles. The van der Waals surface area contributed by atoms with Gasteiger partial charge >= 0.3 is 5.97 Å². The minimum atomic E-state index is -1.05. The summed E-state index contributed by atoms with van der Waals surface area (Å²) in [6.07, 6.45) is 0. The standard InChI is InChI=1S/C17H15ClN2O4S/c1-10-2-3-11(16(22)23)8-14(10)19-17(25)20-15(21)9-24-13-6-4-12(18)5-7-13/h2-8H,9H2,1H3,(H,22,23)(H2,19,20,21,25). The number of ether oxygens (including phenoxy) is 1. The molecule has 0 heterocycles. The highest BCUT2D eigenvalue weighted by Gasteiger charge is 2.10. The third kappa shape index (κ3) is 5.74. The van der Waals surface area contributed by atoms with Crippen LogP contribution in [0.25, 0.3) is 0 Å². The quantitative estimate of drug-likeness (QED) is 0.692. The van der Waals surface area contributed by atoms with Gasteiger partial charge in [0.15, 0.2) is 11.7 Å². The lowest BCUT2D eigenvalue weighted by molar-refractivity contribution is -0.121. The molecule has 2 rings (SSSR count). The molecule has 130 valence electrons. The molecule has 0 saturated carbocycles. The Morgan fingerprint density at radius 2 is 1.88 bits per heavy atom. The van der Waals surface area contributed by atoms with Crippen molar-refractivity contribution in [1.82, 2.24) is 5.32 Å². The number of rotatable bonds is 5. The zero-order valence-electron chi connectivity index (χ0n) is 13.2. The molecule has 0 spiro atoms. The van der Waals surface area contributed by atoms with Gasteiger partial charge in [-0.3, -0.25) is 10.1 Å². The number of thiocarbonyl (C=S) groups is 1. The molecular formula is C17H15ClN2O4S. The number of carbonyl (C=O) groups excluding carboxylic acids is 1. The van der Waals surface area contributed by atoms with Gasteiger partial charge in [-0.2, -0.15) is 0 Å². The van der Waals surface area contributed by atoms with E-state index in [-0.39, 0.29) is 17.3 Å². The van der Waals surface area contributed by atoms with Crippen molar-refractivity contribution < 1.29 is 19.4 Å². The number of hydrogen-bond acceptors (Lipinski definition) is 4. The maximum atomic E-state index is 11.9. The summed E-state index contributed by atoms with van der Waals surface area (Å²) in [7, 11) is 0. The summed E-state index contributed by atoms with van der Waals surface area (Å²) < 4.78 is 5.31. The first-order valence-electron chi connectivity index (χ1n) is 7.18. The van der Waals surface area contributed by atoms with E-state index in [0.717, 1.165) is 5.56 Å². The number of amides is 1. The number of carbonyl (C=O) groups is 2. The zero-order chi connectivity index (χ0) is 18.4. The molecule has 0 saturated heterocycles. The Balaban J connectivity index is 1.89. The van der Waals surface area contributed by atoms with Crippen LogP contribution in [0.15, 0.2) is 42.5 Å². The Morgan fingerprint density at radius 3 is 2.52 bits per heavy atom. The molecule has 0 aliphatic rings. The Kier molecular flexibility index (Phi) is 6.32. The first kappa shape index (κ1) is 18.7. The molecule has 8 heteroatoms. The summed E-state index contributed by atoms with van der Waals surface area (Å²) in [5, 5.41) is 14.9. The molecule has 0 bridgehead atoms. The number of hydrogen-bond donors (Lipinski definition) is 3. The molecule has 2 aromatic rings. The minimum Gasteiger partial charge on any atom is -0.484 e. The highest BCUT2D eigenvalue weighted by atomic mass is 35.5. The van der Waals surface area contributed by atoms with Crippen LogP contribution < -0.4 is 15.4 Å². The summed E-state index contributed by atoms with van der Waals surface area (Å²) in [5.74, 6) is -0.989. The van der Waals surface area contributed by atoms with Crippen molar-refractivity contribution in [2.45, 2.75) is 6.92 Å². The number of carboxylic acid groups (broad SMARTS) is 1. The fourth-order valence-electron chi connectivity index (χ4n) is 1.89. The van der Waals surface area contributed by atoms with Gasteiger partial charge in [0.1, 0.15) is 5.75 Å². The Labute approximate surface area is 154 Å². The first-order valence-corrected chi connectivity index (χ1v) is 7.97. The van der Waals surface area contributed by atoms with Crippen LogP contribution >= 0.6 is 23.8 Å². The van der Waals surface area contributed by atoms with E-state index in [1.54, 1.807) is 37.3 Å². The minimum absolute atomic E-state index is 0.0512. The van der Waals surface area contributed by atoms with Gasteiger partial charge in [-0.25, -0.2) is 4.79 Å². The molecule has 0 atom stereocenters. The zero-order valence-corrected chi connectivity index (χ0v) is 14.8. The van der Waals surface area contributed by atoms with Gasteiger partial charge in [0, 0.05) is 10.7 Å². The molecule has 0 aliphatic carbocycles. The van der Waals surface area contributed by atoms with Gasteiger partial charge in [0.2, 0.25) is 0 Å². The van der Waals surface area contributed by atoms with Crippen molar-refractivity contribution in [2.24, 2.45) is 0 Å². The number of nitrogens with one attached hydrogen (secondary N) is 2. The number of benzene rings is 2. The molecule has 0 radical (unpaired) electrons. The third-order valence-electron chi connectivity index (χ3n) is 3.17. The van der Waals surface area contributed by atoms with Gasteiger partial charge in [0.05, 0.1) is 5.56 Å². The average Bonchev–Trinajstić information content (AvgIpc) is 2.56. The van der Waals surface area contributed by atoms with Crippen molar-refractivity contribution >= 4 is 46.5 Å². The lowest BCUT2D eigenvalue weighted by Crippen LogP contribution is -2.37. The molecule has 3 N–H and O–H groups in total. The van der Waals surface area contributed by atoms with E-state index < -0.39 is 11.9 Å². The van der Waals surface area contributed by atoms with Crippen LogP contribution in [0.5, 0.6) is 5.75 Å². The molecule has 0 aliphatic heterocycles. The highest BCUT2D eigenvalue weighted by Crippen LogP contribution is 2.17. The predicted molar refractivity (Wildman–Crippen MR) is 99.4 cm³/mol. The lowest BCUT2D eigenvalue weighted by Gasteiger charge is -2.13. The van der Waals surface area contributed by atoms with E-state index in [1.807, 2.05) is 0 Å². The Morgan fingerprint density at radius 1 is 1.20 bits per heavy atom. The van der Waals surface area contributed by atoms with Crippen LogP contribution in [0, 0.1) is 6.92 Å². The average molecular weight is 379 g/mol. The molecule has 0 aromatic heterocycles. The molecule has 6 nitrogen and oxygen atoms in total. The monoisotopic (exact) mass is 378 g/mol. The molecular weight excluding hydrogens is 364 g/mol. The number of halogens is 1. The van der Waals surface area contributed by atoms with Crippen molar-refractivity contribution in [1.29, 1.82) is 0 Å². The third-order valence-corrected chi connectivity index (χ3v) is 3.63. The van der Waals surface area contributed by atoms with Gasteiger partial charge in [0.25, 0.3) is 5.91 Å². The molecule has 0 unspecified atom stereocenters. The lowest BCUT2D eigenvalue weighted by atomic mass is 10.1. The van der Waals surface area contributed by atoms with E-state index in [2.05, 4.69) is 10.6 Å². The normalized spacial score (nSPS) is 10.0. The van der Waals surface area contributed by atoms with Crippen LogP contribution in [0.2, 0.25) is 5.02 Å². The summed E-state index contributed by atoms with van der Waals surface area (Å²) in [6, 6.07) is 11.2. The summed E-state index contributed by atoms with van der Waals surface area (Å²) in [4.78, 5) is 22.9. The van der Waals surface area contributed by atoms with Crippen LogP contribution in [-0.4, -0.2) is 28.7 Å². The smallest absolute Gasteiger partial charge is 0.335 e. The molecule has 1 amide bonds. The number of aryl methyl sites for hydroxylation is 1. The second-order valence-corrected chi connectivity index (χ2v) is 5.92. The Bertz CT molecular complexity index is 809. The second kappa shape index (κ2) is 8.46. The summed E-state index contributed by atoms with van der Waals surface area (Å²) in [5.41, 5.74) is 1.41. The molecule has 0 fully saturated rings. The van der Waals surface area contributed by atoms with Crippen molar-refractivity contribution in [3.63, 3.8) is 0 Å². The second-order valence-electron chi connectivity index (χ2n) is 5.08. The summed E-state index contributed by atoms with van der Waals surface area (Å²) in [6.45, 7) is 1.57. The van der Waals surface area contributed by atoms with Gasteiger partial charge < -0.3 is 15.2 Å². The van der Waals surface area contributed by atoms with E-state index in [4.69, 9.17) is 33.7 Å². The maximum Gasteiger partial charge on any atom is 0.335 e. The van der Waals surface area contributed by atoms with E-state index in [9.17, 15) is 9.59 Å². The van der Waals surface area contributed by atoms with Crippen molar-refractivity contribution in [2.75, 3.05) is 11.9 Å². The van der Waals surface area contributed by atoms with Crippen LogP contribution in [0.1, 0.15) is 15.9 Å². The van der Waals surface area contributed by atoms with Crippen molar-refractivity contribution in [3.8, 4) is 5.75 Å². The highest BCUT2D eigenvalue weighted by molar-refractivity contribution is 7.80. The van der Waals surface area contributed by atoms with E-state index in [1.165, 1.54) is 12.1 Å². The van der Waals surface area contributed by atoms with Crippen LogP contribution in [0.3, 0.4) is 0 Å². The van der Waals surface area contributed by atoms with E-state index in [0.29, 0.717) is 16.5 Å². The van der Waals surface area contributed by atoms with Gasteiger partial charge in [-0.15, -0.1) is 0 Å². The fourth-order valence-corrected chi connectivity index (χ4v) is 2.24. The topological polar surface area (TPSA) is 87.7 Å². The van der Waals surface area contributed by atoms with E-state index >= 15 is 0 Å². The predicted octanol–water partition coefficient (Wildman–Crippen LogP) is 3.24. The van der Waals surface area contributed by atoms with Crippen molar-refractivity contribution in [3.05, 3.63) is 58.6 Å². The largest absolute Gasteiger partial charge is 0.484 e. The first-order chi connectivity index (χ1) is 11.8. The van der Waals surface area contributed by atoms with Gasteiger partial charge in [-0.1, -0.05) is 17.7 Å². The number of anilines is 1. The van der Waals surface area contributed by atoms with Crippen LogP contribution in [-0.2, 0) is 4.79 Å². The maximum absolute atomic E-state index is 11.9. The number of aromatic carboxylic acids is 1. The fraction of sp³-hybridized carbons (Fsp3) is 0.118. The summed E-state index contributed by atoms with van der Waals surface area (Å²) >= 11 is 10.8. The van der Waals surface area contributed by atoms with Gasteiger partial charge in [-0.05, 0) is 61.1 Å².